The Labute approximate surface area is 137 Å². The molecule has 0 aliphatic rings. The van der Waals surface area contributed by atoms with E-state index in [0.29, 0.717) is 12.1 Å². The van der Waals surface area contributed by atoms with Crippen molar-refractivity contribution in [3.05, 3.63) is 59.9 Å². The van der Waals surface area contributed by atoms with Crippen molar-refractivity contribution < 1.29 is 13.5 Å². The SMILES string of the molecule is CC(NCC(C)(O)c1ccc(S(C)(=O)=O)cc1)c1ccncc1. The Balaban J connectivity index is 2.07. The summed E-state index contributed by atoms with van der Waals surface area (Å²) in [5.41, 5.74) is 0.652. The van der Waals surface area contributed by atoms with Crippen LogP contribution in [0.3, 0.4) is 0 Å². The smallest absolute Gasteiger partial charge is 0.175 e. The Morgan fingerprint density at radius 2 is 1.74 bits per heavy atom. The average Bonchev–Trinajstić information content (AvgIpc) is 2.53. The van der Waals surface area contributed by atoms with Crippen molar-refractivity contribution >= 4 is 9.84 Å². The van der Waals surface area contributed by atoms with E-state index in [4.69, 9.17) is 0 Å². The molecular formula is C17H22N2O3S. The molecule has 2 rings (SSSR count). The van der Waals surface area contributed by atoms with E-state index in [1.807, 2.05) is 19.1 Å². The van der Waals surface area contributed by atoms with E-state index in [2.05, 4.69) is 10.3 Å². The standard InChI is InChI=1S/C17H22N2O3S/c1-13(14-8-10-18-11-9-14)19-12-17(2,20)15-4-6-16(7-5-15)23(3,21)22/h4-11,13,19-20H,12H2,1-3H3. The second-order valence-electron chi connectivity index (χ2n) is 5.95. The zero-order valence-electron chi connectivity index (χ0n) is 13.5. The molecular weight excluding hydrogens is 312 g/mol. The highest BCUT2D eigenvalue weighted by Crippen LogP contribution is 2.23. The Bertz CT molecular complexity index is 741. The van der Waals surface area contributed by atoms with E-state index >= 15 is 0 Å². The van der Waals surface area contributed by atoms with E-state index in [1.165, 1.54) is 12.1 Å². The van der Waals surface area contributed by atoms with E-state index in [1.54, 1.807) is 31.5 Å². The lowest BCUT2D eigenvalue weighted by atomic mass is 9.95. The Morgan fingerprint density at radius 3 is 2.26 bits per heavy atom. The van der Waals surface area contributed by atoms with Gasteiger partial charge in [-0.2, -0.15) is 0 Å². The summed E-state index contributed by atoms with van der Waals surface area (Å²) in [6, 6.07) is 10.3. The highest BCUT2D eigenvalue weighted by atomic mass is 32.2. The molecule has 0 saturated heterocycles. The van der Waals surface area contributed by atoms with Gasteiger partial charge in [-0.1, -0.05) is 12.1 Å². The molecule has 0 amide bonds. The molecule has 0 fully saturated rings. The summed E-state index contributed by atoms with van der Waals surface area (Å²) in [7, 11) is -3.23. The Kier molecular flexibility index (Phi) is 5.19. The van der Waals surface area contributed by atoms with Gasteiger partial charge in [-0.05, 0) is 49.2 Å². The lowest BCUT2D eigenvalue weighted by Crippen LogP contribution is -2.36. The van der Waals surface area contributed by atoms with Crippen LogP contribution >= 0.6 is 0 Å². The van der Waals surface area contributed by atoms with Crippen LogP contribution in [0, 0.1) is 0 Å². The maximum atomic E-state index is 11.5. The maximum absolute atomic E-state index is 11.5. The van der Waals surface area contributed by atoms with Crippen LogP contribution in [0.1, 0.15) is 31.0 Å². The fourth-order valence-electron chi connectivity index (χ4n) is 2.29. The van der Waals surface area contributed by atoms with Gasteiger partial charge in [0.2, 0.25) is 0 Å². The minimum Gasteiger partial charge on any atom is -0.384 e. The van der Waals surface area contributed by atoms with Crippen LogP contribution in [0.4, 0.5) is 0 Å². The normalized spacial score (nSPS) is 15.8. The molecule has 6 heteroatoms. The summed E-state index contributed by atoms with van der Waals surface area (Å²) in [4.78, 5) is 4.23. The van der Waals surface area contributed by atoms with Crippen LogP contribution in [0.2, 0.25) is 0 Å². The van der Waals surface area contributed by atoms with Gasteiger partial charge in [0.05, 0.1) is 10.5 Å². The van der Waals surface area contributed by atoms with E-state index in [9.17, 15) is 13.5 Å². The van der Waals surface area contributed by atoms with E-state index < -0.39 is 15.4 Å². The molecule has 1 aromatic heterocycles. The number of benzene rings is 1. The van der Waals surface area contributed by atoms with Gasteiger partial charge in [-0.25, -0.2) is 8.42 Å². The van der Waals surface area contributed by atoms with Crippen molar-refractivity contribution in [2.45, 2.75) is 30.4 Å². The van der Waals surface area contributed by atoms with Crippen LogP contribution in [0.15, 0.2) is 53.7 Å². The predicted octanol–water partition coefficient (Wildman–Crippen LogP) is 2.04. The van der Waals surface area contributed by atoms with E-state index in [0.717, 1.165) is 11.8 Å². The molecule has 124 valence electrons. The highest BCUT2D eigenvalue weighted by Gasteiger charge is 2.24. The molecule has 2 aromatic rings. The number of hydrogen-bond donors (Lipinski definition) is 2. The Morgan fingerprint density at radius 1 is 1.17 bits per heavy atom. The van der Waals surface area contributed by atoms with Gasteiger partial charge >= 0.3 is 0 Å². The largest absolute Gasteiger partial charge is 0.384 e. The van der Waals surface area contributed by atoms with Crippen LogP contribution in [-0.4, -0.2) is 31.3 Å². The van der Waals surface area contributed by atoms with Crippen LogP contribution < -0.4 is 5.32 Å². The maximum Gasteiger partial charge on any atom is 0.175 e. The minimum absolute atomic E-state index is 0.0692. The summed E-state index contributed by atoms with van der Waals surface area (Å²) >= 11 is 0. The molecule has 0 saturated carbocycles. The summed E-state index contributed by atoms with van der Waals surface area (Å²) in [6.07, 6.45) is 4.63. The van der Waals surface area contributed by atoms with Crippen LogP contribution in [0.5, 0.6) is 0 Å². The monoisotopic (exact) mass is 334 g/mol. The first kappa shape index (κ1) is 17.6. The number of nitrogens with zero attached hydrogens (tertiary/aromatic N) is 1. The van der Waals surface area contributed by atoms with E-state index in [-0.39, 0.29) is 10.9 Å². The van der Waals surface area contributed by atoms with Gasteiger partial charge in [-0.15, -0.1) is 0 Å². The van der Waals surface area contributed by atoms with Gasteiger partial charge in [0.15, 0.2) is 9.84 Å². The number of rotatable bonds is 6. The number of aromatic nitrogens is 1. The summed E-state index contributed by atoms with van der Waals surface area (Å²) in [5.74, 6) is 0. The fourth-order valence-corrected chi connectivity index (χ4v) is 2.92. The lowest BCUT2D eigenvalue weighted by Gasteiger charge is -2.27. The summed E-state index contributed by atoms with van der Waals surface area (Å²) in [5, 5.41) is 13.9. The molecule has 2 unspecified atom stereocenters. The van der Waals surface area contributed by atoms with Gasteiger partial charge in [-0.3, -0.25) is 4.98 Å². The third-order valence-electron chi connectivity index (χ3n) is 3.86. The molecule has 0 bridgehead atoms. The molecule has 0 aliphatic heterocycles. The summed E-state index contributed by atoms with van der Waals surface area (Å²) < 4.78 is 23.0. The number of aliphatic hydroxyl groups is 1. The predicted molar refractivity (Wildman–Crippen MR) is 89.8 cm³/mol. The van der Waals surface area contributed by atoms with Crippen molar-refractivity contribution in [3.8, 4) is 0 Å². The van der Waals surface area contributed by atoms with Crippen molar-refractivity contribution in [1.82, 2.24) is 10.3 Å². The van der Waals surface area contributed by atoms with Gasteiger partial charge in [0, 0.05) is 31.2 Å². The topological polar surface area (TPSA) is 79.3 Å². The number of nitrogens with one attached hydrogen (secondary N) is 1. The first-order valence-electron chi connectivity index (χ1n) is 7.36. The lowest BCUT2D eigenvalue weighted by molar-refractivity contribution is 0.0543. The zero-order chi connectivity index (χ0) is 17.1. The van der Waals surface area contributed by atoms with Crippen molar-refractivity contribution in [3.63, 3.8) is 0 Å². The molecule has 0 aliphatic carbocycles. The second-order valence-corrected chi connectivity index (χ2v) is 7.97. The van der Waals surface area contributed by atoms with Crippen LogP contribution in [-0.2, 0) is 15.4 Å². The molecule has 0 radical (unpaired) electrons. The highest BCUT2D eigenvalue weighted by molar-refractivity contribution is 7.90. The molecule has 23 heavy (non-hydrogen) atoms. The minimum atomic E-state index is -3.23. The third kappa shape index (κ3) is 4.60. The summed E-state index contributed by atoms with van der Waals surface area (Å²) in [6.45, 7) is 4.06. The molecule has 5 nitrogen and oxygen atoms in total. The Hall–Kier alpha value is -1.76. The quantitative estimate of drug-likeness (QED) is 0.845. The van der Waals surface area contributed by atoms with Crippen molar-refractivity contribution in [2.24, 2.45) is 0 Å². The molecule has 2 atom stereocenters. The third-order valence-corrected chi connectivity index (χ3v) is 4.99. The molecule has 2 N–H and O–H groups in total. The van der Waals surface area contributed by atoms with Gasteiger partial charge in [0.1, 0.15) is 0 Å². The average molecular weight is 334 g/mol. The zero-order valence-corrected chi connectivity index (χ0v) is 14.3. The number of pyridine rings is 1. The fraction of sp³-hybridized carbons (Fsp3) is 0.353. The molecule has 1 aromatic carbocycles. The number of hydrogen-bond acceptors (Lipinski definition) is 5. The first-order valence-corrected chi connectivity index (χ1v) is 9.25. The molecule has 1 heterocycles. The van der Waals surface area contributed by atoms with Crippen molar-refractivity contribution in [1.29, 1.82) is 0 Å². The van der Waals surface area contributed by atoms with Crippen LogP contribution in [0.25, 0.3) is 0 Å². The van der Waals surface area contributed by atoms with Gasteiger partial charge in [0.25, 0.3) is 0 Å². The molecule has 0 spiro atoms. The number of sulfone groups is 1. The van der Waals surface area contributed by atoms with Gasteiger partial charge < -0.3 is 10.4 Å². The van der Waals surface area contributed by atoms with Crippen molar-refractivity contribution in [2.75, 3.05) is 12.8 Å². The first-order chi connectivity index (χ1) is 10.7. The second kappa shape index (κ2) is 6.78.